The van der Waals surface area contributed by atoms with E-state index >= 15 is 0 Å². The Hall–Kier alpha value is -1.13. The molecule has 1 aromatic heterocycles. The lowest BCUT2D eigenvalue weighted by Gasteiger charge is -2.12. The van der Waals surface area contributed by atoms with Gasteiger partial charge in [0, 0.05) is 56.2 Å². The van der Waals surface area contributed by atoms with E-state index in [0.717, 1.165) is 36.6 Å². The summed E-state index contributed by atoms with van der Waals surface area (Å²) in [6, 6.07) is 2.71. The summed E-state index contributed by atoms with van der Waals surface area (Å²) in [5.41, 5.74) is 2.14. The lowest BCUT2D eigenvalue weighted by atomic mass is 10.2. The van der Waals surface area contributed by atoms with Gasteiger partial charge in [0.05, 0.1) is 6.61 Å². The van der Waals surface area contributed by atoms with Crippen molar-refractivity contribution in [1.29, 1.82) is 0 Å². The number of nitrogens with one attached hydrogen (secondary N) is 1. The molecule has 4 nitrogen and oxygen atoms in total. The maximum Gasteiger partial charge on any atom is 0.127 e. The number of hydrogen-bond donors (Lipinski definition) is 1. The Bertz CT molecular complexity index is 378. The Morgan fingerprint density at radius 3 is 2.94 bits per heavy atom. The van der Waals surface area contributed by atoms with Crippen molar-refractivity contribution in [3.8, 4) is 5.75 Å². The average Bonchev–Trinajstić information content (AvgIpc) is 3.17. The number of nitrogens with zero attached hydrogens (tertiary/aromatic N) is 1. The quantitative estimate of drug-likeness (QED) is 0.717. The van der Waals surface area contributed by atoms with E-state index in [1.165, 1.54) is 12.8 Å². The first-order chi connectivity index (χ1) is 8.79. The summed E-state index contributed by atoms with van der Waals surface area (Å²) in [5, 5.41) is 3.49. The highest BCUT2D eigenvalue weighted by atomic mass is 16.5. The largest absolute Gasteiger partial charge is 0.493 e. The van der Waals surface area contributed by atoms with Crippen molar-refractivity contribution < 1.29 is 9.47 Å². The average molecular weight is 250 g/mol. The van der Waals surface area contributed by atoms with Crippen molar-refractivity contribution in [3.05, 3.63) is 23.5 Å². The minimum Gasteiger partial charge on any atom is -0.493 e. The Kier molecular flexibility index (Phi) is 4.96. The van der Waals surface area contributed by atoms with Crippen LogP contribution in [0.3, 0.4) is 0 Å². The van der Waals surface area contributed by atoms with Crippen LogP contribution >= 0.6 is 0 Å². The van der Waals surface area contributed by atoms with Gasteiger partial charge in [0.25, 0.3) is 0 Å². The molecule has 4 heteroatoms. The maximum absolute atomic E-state index is 5.81. The number of aryl methyl sites for hydroxylation is 1. The maximum atomic E-state index is 5.81. The van der Waals surface area contributed by atoms with Gasteiger partial charge in [0.15, 0.2) is 0 Å². The van der Waals surface area contributed by atoms with Crippen LogP contribution in [0.4, 0.5) is 0 Å². The fourth-order valence-electron chi connectivity index (χ4n) is 1.76. The number of hydrogen-bond acceptors (Lipinski definition) is 4. The lowest BCUT2D eigenvalue weighted by molar-refractivity contribution is 0.171. The molecule has 1 saturated carbocycles. The highest BCUT2D eigenvalue weighted by Gasteiger charge is 2.20. The molecule has 0 radical (unpaired) electrons. The molecular formula is C14H22N2O2. The van der Waals surface area contributed by atoms with Gasteiger partial charge in [-0.3, -0.25) is 4.98 Å². The Morgan fingerprint density at radius 2 is 2.22 bits per heavy atom. The van der Waals surface area contributed by atoms with E-state index in [1.54, 1.807) is 7.11 Å². The topological polar surface area (TPSA) is 43.4 Å². The van der Waals surface area contributed by atoms with Gasteiger partial charge in [-0.15, -0.1) is 0 Å². The van der Waals surface area contributed by atoms with Crippen LogP contribution in [0.5, 0.6) is 5.75 Å². The molecule has 1 heterocycles. The van der Waals surface area contributed by atoms with Gasteiger partial charge in [-0.2, -0.15) is 0 Å². The lowest BCUT2D eigenvalue weighted by Crippen LogP contribution is -2.16. The molecule has 1 aromatic rings. The number of rotatable bonds is 8. The van der Waals surface area contributed by atoms with Crippen molar-refractivity contribution in [2.45, 2.75) is 38.8 Å². The Morgan fingerprint density at radius 1 is 1.39 bits per heavy atom. The highest BCUT2D eigenvalue weighted by molar-refractivity contribution is 5.32. The molecule has 0 unspecified atom stereocenters. The van der Waals surface area contributed by atoms with Crippen molar-refractivity contribution in [2.24, 2.45) is 0 Å². The summed E-state index contributed by atoms with van der Waals surface area (Å²) in [4.78, 5) is 4.34. The van der Waals surface area contributed by atoms with Gasteiger partial charge in [0.2, 0.25) is 0 Å². The van der Waals surface area contributed by atoms with Crippen LogP contribution in [0.15, 0.2) is 12.3 Å². The molecule has 1 aliphatic rings. The summed E-state index contributed by atoms with van der Waals surface area (Å²) in [7, 11) is 1.71. The number of methoxy groups -OCH3 is 1. The molecule has 100 valence electrons. The summed E-state index contributed by atoms with van der Waals surface area (Å²) < 4.78 is 10.8. The first kappa shape index (κ1) is 13.3. The number of ether oxygens (including phenoxy) is 2. The van der Waals surface area contributed by atoms with Gasteiger partial charge < -0.3 is 14.8 Å². The molecule has 0 aromatic carbocycles. The third-order valence-corrected chi connectivity index (χ3v) is 2.99. The summed E-state index contributed by atoms with van der Waals surface area (Å²) in [5.74, 6) is 0.951. The van der Waals surface area contributed by atoms with Gasteiger partial charge in [-0.05, 0) is 19.8 Å². The van der Waals surface area contributed by atoms with E-state index in [-0.39, 0.29) is 0 Å². The standard InChI is InChI=1S/C14H22N2O2/c1-11-8-14(18-7-3-6-17-2)12(9-15-11)10-16-13-4-5-13/h8-9,13,16H,3-7,10H2,1-2H3. The summed E-state index contributed by atoms with van der Waals surface area (Å²) in [6.45, 7) is 4.26. The van der Waals surface area contributed by atoms with Gasteiger partial charge >= 0.3 is 0 Å². The number of aromatic nitrogens is 1. The van der Waals surface area contributed by atoms with Crippen LogP contribution in [0, 0.1) is 6.92 Å². The summed E-state index contributed by atoms with van der Waals surface area (Å²) in [6.07, 6.45) is 5.41. The minimum atomic E-state index is 0.688. The van der Waals surface area contributed by atoms with E-state index in [0.29, 0.717) is 12.6 Å². The van der Waals surface area contributed by atoms with Crippen LogP contribution in [-0.2, 0) is 11.3 Å². The zero-order valence-corrected chi connectivity index (χ0v) is 11.2. The molecule has 0 amide bonds. The van der Waals surface area contributed by atoms with Crippen LogP contribution < -0.4 is 10.1 Å². The molecule has 18 heavy (non-hydrogen) atoms. The predicted molar refractivity (Wildman–Crippen MR) is 70.8 cm³/mol. The van der Waals surface area contributed by atoms with E-state index in [9.17, 15) is 0 Å². The SMILES string of the molecule is COCCCOc1cc(C)ncc1CNC1CC1. The second-order valence-corrected chi connectivity index (χ2v) is 4.78. The minimum absolute atomic E-state index is 0.688. The molecule has 1 aliphatic carbocycles. The van der Waals surface area contributed by atoms with Gasteiger partial charge in [-0.25, -0.2) is 0 Å². The highest BCUT2D eigenvalue weighted by Crippen LogP contribution is 2.22. The summed E-state index contributed by atoms with van der Waals surface area (Å²) >= 11 is 0. The normalized spacial score (nSPS) is 14.8. The smallest absolute Gasteiger partial charge is 0.127 e. The van der Waals surface area contributed by atoms with Crippen LogP contribution in [0.2, 0.25) is 0 Å². The molecule has 0 atom stereocenters. The first-order valence-electron chi connectivity index (χ1n) is 6.60. The predicted octanol–water partition coefficient (Wildman–Crippen LogP) is 2.06. The third kappa shape index (κ3) is 4.27. The Labute approximate surface area is 109 Å². The molecule has 1 fully saturated rings. The molecule has 2 rings (SSSR count). The molecule has 0 bridgehead atoms. The van der Waals surface area contributed by atoms with Crippen molar-refractivity contribution in [2.75, 3.05) is 20.3 Å². The Balaban J connectivity index is 1.89. The molecule has 1 N–H and O–H groups in total. The second kappa shape index (κ2) is 6.71. The van der Waals surface area contributed by atoms with Gasteiger partial charge in [0.1, 0.15) is 5.75 Å². The van der Waals surface area contributed by atoms with Crippen molar-refractivity contribution in [3.63, 3.8) is 0 Å². The molecule has 0 saturated heterocycles. The molecule has 0 spiro atoms. The van der Waals surface area contributed by atoms with E-state index in [4.69, 9.17) is 9.47 Å². The fraction of sp³-hybridized carbons (Fsp3) is 0.643. The van der Waals surface area contributed by atoms with E-state index in [2.05, 4.69) is 10.3 Å². The van der Waals surface area contributed by atoms with Crippen LogP contribution in [-0.4, -0.2) is 31.3 Å². The first-order valence-corrected chi connectivity index (χ1v) is 6.60. The fourth-order valence-corrected chi connectivity index (χ4v) is 1.76. The van der Waals surface area contributed by atoms with Crippen LogP contribution in [0.25, 0.3) is 0 Å². The zero-order chi connectivity index (χ0) is 12.8. The molecular weight excluding hydrogens is 228 g/mol. The monoisotopic (exact) mass is 250 g/mol. The van der Waals surface area contributed by atoms with Gasteiger partial charge in [-0.1, -0.05) is 0 Å². The number of pyridine rings is 1. The third-order valence-electron chi connectivity index (χ3n) is 2.99. The zero-order valence-electron chi connectivity index (χ0n) is 11.2. The van der Waals surface area contributed by atoms with E-state index < -0.39 is 0 Å². The van der Waals surface area contributed by atoms with Crippen LogP contribution in [0.1, 0.15) is 30.5 Å². The second-order valence-electron chi connectivity index (χ2n) is 4.78. The van der Waals surface area contributed by atoms with Crippen molar-refractivity contribution >= 4 is 0 Å². The van der Waals surface area contributed by atoms with E-state index in [1.807, 2.05) is 19.2 Å². The van der Waals surface area contributed by atoms with Crippen molar-refractivity contribution in [1.82, 2.24) is 10.3 Å². The molecule has 0 aliphatic heterocycles.